The van der Waals surface area contributed by atoms with Crippen molar-refractivity contribution >= 4 is 23.1 Å². The zero-order chi connectivity index (χ0) is 6.41. The van der Waals surface area contributed by atoms with E-state index < -0.39 is 6.29 Å². The van der Waals surface area contributed by atoms with Crippen molar-refractivity contribution in [2.75, 3.05) is 6.61 Å². The Labute approximate surface area is 84.9 Å². The van der Waals surface area contributed by atoms with E-state index in [1.54, 1.807) is 0 Å². The minimum Gasteiger partial charge on any atom is -1.00 e. The molecule has 0 spiro atoms. The summed E-state index contributed by atoms with van der Waals surface area (Å²) in [7, 11) is 0. The molecule has 0 aliphatic carbocycles. The summed E-state index contributed by atoms with van der Waals surface area (Å²) in [4.78, 5) is 0. The van der Waals surface area contributed by atoms with Crippen molar-refractivity contribution in [1.82, 2.24) is 0 Å². The Bertz CT molecular complexity index is 53.0. The van der Waals surface area contributed by atoms with Crippen molar-refractivity contribution in [2.45, 2.75) is 33.0 Å². The quantitative estimate of drug-likeness (QED) is 0.262. The van der Waals surface area contributed by atoms with Gasteiger partial charge >= 0.3 is 23.1 Å². The summed E-state index contributed by atoms with van der Waals surface area (Å²) in [5, 5.41) is 10.2. The third-order valence-corrected chi connectivity index (χ3v) is 0.850. The molecular formula is C6H13ClMgO2. The Morgan fingerprint density at radius 1 is 1.50 bits per heavy atom. The summed E-state index contributed by atoms with van der Waals surface area (Å²) in [6.45, 7) is 4.19. The van der Waals surface area contributed by atoms with Crippen LogP contribution in [0.2, 0.25) is 0 Å². The summed E-state index contributed by atoms with van der Waals surface area (Å²) >= 11 is 0. The Morgan fingerprint density at radius 3 is 2.30 bits per heavy atom. The van der Waals surface area contributed by atoms with Gasteiger partial charge in [-0.3, -0.25) is 0 Å². The number of unbranched alkanes of at least 4 members (excludes halogenated alkanes) is 1. The molecule has 10 heavy (non-hydrogen) atoms. The van der Waals surface area contributed by atoms with E-state index in [-0.39, 0.29) is 35.5 Å². The van der Waals surface area contributed by atoms with E-state index in [0.29, 0.717) is 6.61 Å². The molecule has 0 N–H and O–H groups in total. The summed E-state index contributed by atoms with van der Waals surface area (Å²) < 4.78 is 4.73. The first-order valence-electron chi connectivity index (χ1n) is 3.04. The number of rotatable bonds is 4. The van der Waals surface area contributed by atoms with Crippen LogP contribution in [-0.4, -0.2) is 35.9 Å². The minimum atomic E-state index is -0.846. The number of hydrogen-bond acceptors (Lipinski definition) is 2. The van der Waals surface area contributed by atoms with E-state index in [1.165, 1.54) is 6.92 Å². The van der Waals surface area contributed by atoms with Gasteiger partial charge < -0.3 is 22.3 Å². The largest absolute Gasteiger partial charge is 2.00 e. The molecule has 0 aromatic rings. The van der Waals surface area contributed by atoms with Crippen molar-refractivity contribution < 1.29 is 22.3 Å². The summed E-state index contributed by atoms with van der Waals surface area (Å²) in [5.74, 6) is 0. The second-order valence-electron chi connectivity index (χ2n) is 1.79. The number of halogens is 1. The molecule has 0 aromatic carbocycles. The van der Waals surface area contributed by atoms with Crippen molar-refractivity contribution in [3.05, 3.63) is 0 Å². The van der Waals surface area contributed by atoms with Crippen LogP contribution in [0.5, 0.6) is 0 Å². The fourth-order valence-corrected chi connectivity index (χ4v) is 0.394. The van der Waals surface area contributed by atoms with E-state index >= 15 is 0 Å². The van der Waals surface area contributed by atoms with Gasteiger partial charge in [0.1, 0.15) is 0 Å². The van der Waals surface area contributed by atoms with Crippen LogP contribution < -0.4 is 17.5 Å². The zero-order valence-electron chi connectivity index (χ0n) is 6.60. The predicted octanol–water partition coefficient (Wildman–Crippen LogP) is -2.87. The van der Waals surface area contributed by atoms with Crippen LogP contribution in [0.4, 0.5) is 0 Å². The topological polar surface area (TPSA) is 32.3 Å². The molecule has 0 saturated carbocycles. The molecule has 0 aromatic heterocycles. The third kappa shape index (κ3) is 16.0. The molecule has 4 heteroatoms. The van der Waals surface area contributed by atoms with E-state index in [2.05, 4.69) is 6.92 Å². The predicted molar refractivity (Wildman–Crippen MR) is 36.1 cm³/mol. The molecule has 2 nitrogen and oxygen atoms in total. The molecule has 0 radical (unpaired) electrons. The smallest absolute Gasteiger partial charge is 1.00 e. The van der Waals surface area contributed by atoms with Gasteiger partial charge in [-0.15, -0.1) is 0 Å². The number of ether oxygens (including phenoxy) is 1. The molecule has 58 valence electrons. The Balaban J connectivity index is -0.000000245. The van der Waals surface area contributed by atoms with Crippen LogP contribution in [0.1, 0.15) is 26.7 Å². The maximum absolute atomic E-state index is 10.2. The molecule has 0 aliphatic heterocycles. The standard InChI is InChI=1S/C6H13O2.ClH.Mg/c1-3-4-5-8-6(2)7;;/h6H,3-5H2,1-2H3;1H;/q-1;;+2/p-1. The van der Waals surface area contributed by atoms with E-state index in [0.717, 1.165) is 12.8 Å². The Morgan fingerprint density at radius 2 is 2.00 bits per heavy atom. The summed E-state index contributed by atoms with van der Waals surface area (Å²) in [5.41, 5.74) is 0. The maximum Gasteiger partial charge on any atom is 2.00 e. The molecule has 1 atom stereocenters. The van der Waals surface area contributed by atoms with Crippen LogP contribution in [0.3, 0.4) is 0 Å². The molecule has 1 unspecified atom stereocenters. The van der Waals surface area contributed by atoms with E-state index in [1.807, 2.05) is 0 Å². The van der Waals surface area contributed by atoms with Crippen molar-refractivity contribution in [3.63, 3.8) is 0 Å². The fraction of sp³-hybridized carbons (Fsp3) is 1.00. The minimum absolute atomic E-state index is 0. The molecular weight excluding hydrogens is 164 g/mol. The summed E-state index contributed by atoms with van der Waals surface area (Å²) in [6.07, 6.45) is 1.24. The van der Waals surface area contributed by atoms with Crippen LogP contribution in [0.25, 0.3) is 0 Å². The van der Waals surface area contributed by atoms with Gasteiger partial charge in [-0.2, -0.15) is 0 Å². The van der Waals surface area contributed by atoms with Crippen molar-refractivity contribution in [1.29, 1.82) is 0 Å². The van der Waals surface area contributed by atoms with Crippen LogP contribution in [0, 0.1) is 0 Å². The van der Waals surface area contributed by atoms with Gasteiger partial charge in [0.25, 0.3) is 0 Å². The van der Waals surface area contributed by atoms with Gasteiger partial charge in [-0.25, -0.2) is 0 Å². The van der Waals surface area contributed by atoms with Gasteiger partial charge in [-0.1, -0.05) is 20.3 Å². The van der Waals surface area contributed by atoms with Gasteiger partial charge in [-0.05, 0) is 12.7 Å². The van der Waals surface area contributed by atoms with Gasteiger partial charge in [0, 0.05) is 6.61 Å². The second-order valence-corrected chi connectivity index (χ2v) is 1.79. The van der Waals surface area contributed by atoms with Crippen molar-refractivity contribution in [3.8, 4) is 0 Å². The normalized spacial score (nSPS) is 11.1. The zero-order valence-corrected chi connectivity index (χ0v) is 8.77. The first-order chi connectivity index (χ1) is 3.77. The molecule has 0 bridgehead atoms. The monoisotopic (exact) mass is 176 g/mol. The number of hydrogen-bond donors (Lipinski definition) is 0. The van der Waals surface area contributed by atoms with Gasteiger partial charge in [0.05, 0.1) is 0 Å². The molecule has 0 aliphatic rings. The van der Waals surface area contributed by atoms with E-state index in [4.69, 9.17) is 4.74 Å². The van der Waals surface area contributed by atoms with Crippen LogP contribution >= 0.6 is 0 Å². The maximum atomic E-state index is 10.2. The van der Waals surface area contributed by atoms with Crippen molar-refractivity contribution in [2.24, 2.45) is 0 Å². The van der Waals surface area contributed by atoms with Gasteiger partial charge in [0.2, 0.25) is 0 Å². The van der Waals surface area contributed by atoms with E-state index in [9.17, 15) is 5.11 Å². The molecule has 0 amide bonds. The van der Waals surface area contributed by atoms with Crippen LogP contribution in [-0.2, 0) is 4.74 Å². The molecule has 0 saturated heterocycles. The average Bonchev–Trinajstić information content (AvgIpc) is 1.66. The van der Waals surface area contributed by atoms with Gasteiger partial charge in [0.15, 0.2) is 0 Å². The first kappa shape index (κ1) is 17.2. The Kier molecular flexibility index (Phi) is 21.7. The summed E-state index contributed by atoms with van der Waals surface area (Å²) in [6, 6.07) is 0. The van der Waals surface area contributed by atoms with Crippen LogP contribution in [0.15, 0.2) is 0 Å². The molecule has 0 rings (SSSR count). The SMILES string of the molecule is CCCCOC(C)[O-].[Cl-].[Mg+2]. The molecule has 0 heterocycles. The third-order valence-electron chi connectivity index (χ3n) is 0.850. The fourth-order valence-electron chi connectivity index (χ4n) is 0.394. The second kappa shape index (κ2) is 12.6. The molecule has 0 fully saturated rings. The average molecular weight is 177 g/mol. The first-order valence-corrected chi connectivity index (χ1v) is 3.04. The Hall–Kier alpha value is 0.976.